The van der Waals surface area contributed by atoms with E-state index in [1.807, 2.05) is 29.9 Å². The van der Waals surface area contributed by atoms with Crippen LogP contribution in [-0.2, 0) is 6.42 Å². The fraction of sp³-hybridized carbons (Fsp3) is 0.438. The van der Waals surface area contributed by atoms with Crippen LogP contribution in [0.2, 0.25) is 0 Å². The number of hydrogen-bond acceptors (Lipinski definition) is 2. The number of nitrogens with zero attached hydrogens (tertiary/aromatic N) is 2. The van der Waals surface area contributed by atoms with E-state index < -0.39 is 0 Å². The quantitative estimate of drug-likeness (QED) is 0.907. The normalized spacial score (nSPS) is 14.2. The molecule has 0 aliphatic heterocycles. The third kappa shape index (κ3) is 3.25. The lowest BCUT2D eigenvalue weighted by molar-refractivity contribution is 0.471. The van der Waals surface area contributed by atoms with E-state index in [9.17, 15) is 4.39 Å². The number of halogens is 1. The number of nitrogens with two attached hydrogens (primary N) is 1. The van der Waals surface area contributed by atoms with E-state index in [1.54, 1.807) is 6.07 Å². The Hall–Kier alpha value is -1.68. The van der Waals surface area contributed by atoms with Crippen LogP contribution in [0, 0.1) is 12.7 Å². The lowest BCUT2D eigenvalue weighted by atomic mass is 10.0. The summed E-state index contributed by atoms with van der Waals surface area (Å²) in [6, 6.07) is 7.00. The summed E-state index contributed by atoms with van der Waals surface area (Å²) in [6.45, 7) is 6.18. The van der Waals surface area contributed by atoms with E-state index in [1.165, 1.54) is 6.07 Å². The summed E-state index contributed by atoms with van der Waals surface area (Å²) in [5, 5.41) is 4.51. The minimum atomic E-state index is -0.366. The van der Waals surface area contributed by atoms with Gasteiger partial charge in [0, 0.05) is 30.3 Å². The average molecular weight is 275 g/mol. The van der Waals surface area contributed by atoms with Crippen molar-refractivity contribution in [1.82, 2.24) is 9.78 Å². The molecule has 2 N–H and O–H groups in total. The van der Waals surface area contributed by atoms with Gasteiger partial charge in [0.25, 0.3) is 0 Å². The molecule has 4 heteroatoms. The first-order valence-corrected chi connectivity index (χ1v) is 7.07. The maximum absolute atomic E-state index is 13.8. The number of rotatable bonds is 5. The SMILES string of the molecule is CCC(C)n1ccc(CC(N)c2cc(C)ccc2F)n1. The molecule has 20 heavy (non-hydrogen) atoms. The Morgan fingerprint density at radius 2 is 2.10 bits per heavy atom. The molecule has 108 valence electrons. The molecule has 0 amide bonds. The highest BCUT2D eigenvalue weighted by atomic mass is 19.1. The number of aromatic nitrogens is 2. The maximum Gasteiger partial charge on any atom is 0.128 e. The summed E-state index contributed by atoms with van der Waals surface area (Å²) in [4.78, 5) is 0. The van der Waals surface area contributed by atoms with Crippen LogP contribution in [0.1, 0.15) is 49.2 Å². The number of aryl methyl sites for hydroxylation is 1. The van der Waals surface area contributed by atoms with Crippen LogP contribution in [0.25, 0.3) is 0 Å². The molecule has 2 aromatic rings. The summed E-state index contributed by atoms with van der Waals surface area (Å²) < 4.78 is 15.7. The Kier molecular flexibility index (Phi) is 4.55. The minimum Gasteiger partial charge on any atom is -0.324 e. The van der Waals surface area contributed by atoms with Crippen molar-refractivity contribution in [2.45, 2.75) is 45.7 Å². The zero-order chi connectivity index (χ0) is 14.7. The summed E-state index contributed by atoms with van der Waals surface area (Å²) in [5.74, 6) is -0.246. The molecule has 2 unspecified atom stereocenters. The molecule has 0 spiro atoms. The lowest BCUT2D eigenvalue weighted by Gasteiger charge is -2.13. The predicted octanol–water partition coefficient (Wildman–Crippen LogP) is 3.54. The average Bonchev–Trinajstić information content (AvgIpc) is 2.89. The topological polar surface area (TPSA) is 43.8 Å². The van der Waals surface area contributed by atoms with E-state index in [-0.39, 0.29) is 11.9 Å². The van der Waals surface area contributed by atoms with Gasteiger partial charge in [-0.05, 0) is 32.4 Å². The van der Waals surface area contributed by atoms with E-state index in [4.69, 9.17) is 5.73 Å². The van der Waals surface area contributed by atoms with Gasteiger partial charge in [-0.2, -0.15) is 5.10 Å². The molecule has 2 atom stereocenters. The Morgan fingerprint density at radius 3 is 2.80 bits per heavy atom. The second-order valence-electron chi connectivity index (χ2n) is 5.38. The lowest BCUT2D eigenvalue weighted by Crippen LogP contribution is -2.16. The minimum absolute atomic E-state index is 0.246. The largest absolute Gasteiger partial charge is 0.324 e. The van der Waals surface area contributed by atoms with Gasteiger partial charge in [-0.15, -0.1) is 0 Å². The molecule has 0 saturated carbocycles. The molecule has 0 aliphatic rings. The third-order valence-corrected chi connectivity index (χ3v) is 3.69. The zero-order valence-electron chi connectivity index (χ0n) is 12.3. The van der Waals surface area contributed by atoms with Gasteiger partial charge in [0.1, 0.15) is 5.82 Å². The molecular weight excluding hydrogens is 253 g/mol. The van der Waals surface area contributed by atoms with Crippen molar-refractivity contribution in [2.24, 2.45) is 5.73 Å². The van der Waals surface area contributed by atoms with Gasteiger partial charge in [0.05, 0.1) is 5.69 Å². The van der Waals surface area contributed by atoms with Crippen molar-refractivity contribution >= 4 is 0 Å². The van der Waals surface area contributed by atoms with Gasteiger partial charge in [-0.3, -0.25) is 4.68 Å². The Morgan fingerprint density at radius 1 is 1.35 bits per heavy atom. The standard InChI is InChI=1S/C16H22FN3/c1-4-12(3)20-8-7-13(19-20)10-16(18)14-9-11(2)5-6-15(14)17/h5-9,12,16H,4,10,18H2,1-3H3. The maximum atomic E-state index is 13.8. The molecular formula is C16H22FN3. The van der Waals surface area contributed by atoms with Gasteiger partial charge >= 0.3 is 0 Å². The third-order valence-electron chi connectivity index (χ3n) is 3.69. The molecule has 1 aromatic carbocycles. The van der Waals surface area contributed by atoms with Crippen LogP contribution in [0.3, 0.4) is 0 Å². The Bertz CT molecular complexity index is 577. The Labute approximate surface area is 119 Å². The fourth-order valence-electron chi connectivity index (χ4n) is 2.20. The summed E-state index contributed by atoms with van der Waals surface area (Å²) >= 11 is 0. The highest BCUT2D eigenvalue weighted by molar-refractivity contribution is 5.27. The second kappa shape index (κ2) is 6.18. The van der Waals surface area contributed by atoms with Gasteiger partial charge in [0.15, 0.2) is 0 Å². The van der Waals surface area contributed by atoms with Crippen LogP contribution >= 0.6 is 0 Å². The summed E-state index contributed by atoms with van der Waals surface area (Å²) in [6.07, 6.45) is 3.53. The smallest absolute Gasteiger partial charge is 0.128 e. The van der Waals surface area contributed by atoms with Crippen molar-refractivity contribution in [3.63, 3.8) is 0 Å². The molecule has 2 rings (SSSR count). The Balaban J connectivity index is 2.13. The van der Waals surface area contributed by atoms with Crippen LogP contribution in [0.5, 0.6) is 0 Å². The highest BCUT2D eigenvalue weighted by Crippen LogP contribution is 2.20. The van der Waals surface area contributed by atoms with Crippen molar-refractivity contribution in [3.05, 3.63) is 53.1 Å². The first-order chi connectivity index (χ1) is 9.51. The van der Waals surface area contributed by atoms with Crippen LogP contribution < -0.4 is 5.73 Å². The van der Waals surface area contributed by atoms with E-state index in [0.29, 0.717) is 18.0 Å². The monoisotopic (exact) mass is 275 g/mol. The van der Waals surface area contributed by atoms with Crippen molar-refractivity contribution in [3.8, 4) is 0 Å². The van der Waals surface area contributed by atoms with Gasteiger partial charge in [-0.1, -0.05) is 24.6 Å². The van der Waals surface area contributed by atoms with Crippen LogP contribution in [0.15, 0.2) is 30.5 Å². The molecule has 3 nitrogen and oxygen atoms in total. The van der Waals surface area contributed by atoms with Crippen molar-refractivity contribution < 1.29 is 4.39 Å². The molecule has 0 saturated heterocycles. The first-order valence-electron chi connectivity index (χ1n) is 7.07. The summed E-state index contributed by atoms with van der Waals surface area (Å²) in [5.41, 5.74) is 8.60. The van der Waals surface area contributed by atoms with Gasteiger partial charge in [0.2, 0.25) is 0 Å². The number of benzene rings is 1. The van der Waals surface area contributed by atoms with Gasteiger partial charge in [-0.25, -0.2) is 4.39 Å². The summed E-state index contributed by atoms with van der Waals surface area (Å²) in [7, 11) is 0. The van der Waals surface area contributed by atoms with Crippen LogP contribution in [0.4, 0.5) is 4.39 Å². The molecule has 0 fully saturated rings. The molecule has 0 bridgehead atoms. The number of hydrogen-bond donors (Lipinski definition) is 1. The first kappa shape index (κ1) is 14.7. The van der Waals surface area contributed by atoms with Gasteiger partial charge < -0.3 is 5.73 Å². The van der Waals surface area contributed by atoms with E-state index in [2.05, 4.69) is 18.9 Å². The van der Waals surface area contributed by atoms with E-state index in [0.717, 1.165) is 17.7 Å². The fourth-order valence-corrected chi connectivity index (χ4v) is 2.20. The highest BCUT2D eigenvalue weighted by Gasteiger charge is 2.14. The van der Waals surface area contributed by atoms with Crippen LogP contribution in [-0.4, -0.2) is 9.78 Å². The van der Waals surface area contributed by atoms with E-state index >= 15 is 0 Å². The predicted molar refractivity (Wildman–Crippen MR) is 79.0 cm³/mol. The molecule has 0 radical (unpaired) electrons. The molecule has 0 aliphatic carbocycles. The zero-order valence-corrected chi connectivity index (χ0v) is 12.3. The molecule has 1 heterocycles. The molecule has 1 aromatic heterocycles. The van der Waals surface area contributed by atoms with Crippen molar-refractivity contribution in [1.29, 1.82) is 0 Å². The van der Waals surface area contributed by atoms with Crippen molar-refractivity contribution in [2.75, 3.05) is 0 Å². The second-order valence-corrected chi connectivity index (χ2v) is 5.38.